The molecule has 2 aliphatic rings. The Balaban J connectivity index is 1.29. The Morgan fingerprint density at radius 2 is 1.23 bits per heavy atom. The molecule has 1 fully saturated rings. The summed E-state index contributed by atoms with van der Waals surface area (Å²) in [7, 11) is 0. The molecule has 0 bridgehead atoms. The van der Waals surface area contributed by atoms with Gasteiger partial charge < -0.3 is 9.80 Å². The van der Waals surface area contributed by atoms with E-state index in [0.29, 0.717) is 12.1 Å². The lowest BCUT2D eigenvalue weighted by Crippen LogP contribution is -2.38. The molecule has 0 saturated carbocycles. The molecule has 3 heteroatoms. The second-order valence-corrected chi connectivity index (χ2v) is 8.76. The number of fused-ring (bicyclic) bond motifs is 1. The lowest BCUT2D eigenvalue weighted by atomic mass is 10.0. The van der Waals surface area contributed by atoms with Crippen molar-refractivity contribution in [1.29, 1.82) is 0 Å². The summed E-state index contributed by atoms with van der Waals surface area (Å²) in [6, 6.07) is 33.6. The standard InChI is InChI=1S/C28H31N3/c1-4-11-23(12-5-1)17-10-18-30-27(20-25-15-8-3-9-16-25)22-31-26(21-29-28(30)31)19-24-13-6-2-7-14-24/h1-9,11-16,26-27H,10,17-22H2/t26-,27-/m0/s1. The maximum absolute atomic E-state index is 5.04. The summed E-state index contributed by atoms with van der Waals surface area (Å²) in [5.74, 6) is 1.23. The third-order valence-electron chi connectivity index (χ3n) is 6.58. The maximum atomic E-state index is 5.04. The van der Waals surface area contributed by atoms with Crippen LogP contribution in [-0.4, -0.2) is 47.5 Å². The van der Waals surface area contributed by atoms with Gasteiger partial charge in [0.15, 0.2) is 5.96 Å². The average molecular weight is 410 g/mol. The zero-order valence-electron chi connectivity index (χ0n) is 18.1. The molecule has 0 aliphatic carbocycles. The molecule has 3 aromatic carbocycles. The molecule has 31 heavy (non-hydrogen) atoms. The minimum absolute atomic E-state index is 0.481. The lowest BCUT2D eigenvalue weighted by Gasteiger charge is -2.25. The molecular formula is C28H31N3. The average Bonchev–Trinajstić information content (AvgIpc) is 3.36. The van der Waals surface area contributed by atoms with Gasteiger partial charge in [-0.15, -0.1) is 0 Å². The number of hydrogen-bond donors (Lipinski definition) is 0. The van der Waals surface area contributed by atoms with Gasteiger partial charge >= 0.3 is 0 Å². The van der Waals surface area contributed by atoms with Gasteiger partial charge in [-0.1, -0.05) is 91.0 Å². The molecular weight excluding hydrogens is 378 g/mol. The fourth-order valence-electron chi connectivity index (χ4n) is 5.02. The van der Waals surface area contributed by atoms with Crippen LogP contribution in [0.15, 0.2) is 96.0 Å². The first-order valence-electron chi connectivity index (χ1n) is 11.6. The van der Waals surface area contributed by atoms with E-state index in [1.54, 1.807) is 0 Å². The van der Waals surface area contributed by atoms with Crippen molar-refractivity contribution in [2.24, 2.45) is 4.99 Å². The van der Waals surface area contributed by atoms with Gasteiger partial charge in [0.25, 0.3) is 0 Å². The van der Waals surface area contributed by atoms with Crippen LogP contribution >= 0.6 is 0 Å². The van der Waals surface area contributed by atoms with E-state index in [4.69, 9.17) is 4.99 Å². The summed E-state index contributed by atoms with van der Waals surface area (Å²) in [6.45, 7) is 3.06. The molecule has 0 aromatic heterocycles. The van der Waals surface area contributed by atoms with E-state index in [-0.39, 0.29) is 0 Å². The van der Waals surface area contributed by atoms with Crippen molar-refractivity contribution in [3.63, 3.8) is 0 Å². The first kappa shape index (κ1) is 19.9. The second-order valence-electron chi connectivity index (χ2n) is 8.76. The number of aliphatic imine (C=N–C) groups is 1. The van der Waals surface area contributed by atoms with Crippen molar-refractivity contribution in [3.05, 3.63) is 108 Å². The van der Waals surface area contributed by atoms with E-state index >= 15 is 0 Å². The molecule has 0 N–H and O–H groups in total. The Morgan fingerprint density at radius 1 is 0.677 bits per heavy atom. The summed E-state index contributed by atoms with van der Waals surface area (Å²) in [6.07, 6.45) is 4.44. The highest BCUT2D eigenvalue weighted by molar-refractivity contribution is 5.84. The van der Waals surface area contributed by atoms with Crippen LogP contribution in [0.1, 0.15) is 23.1 Å². The van der Waals surface area contributed by atoms with Gasteiger partial charge in [-0.25, -0.2) is 0 Å². The molecule has 3 aromatic rings. The minimum atomic E-state index is 0.481. The topological polar surface area (TPSA) is 18.8 Å². The molecule has 2 aliphatic heterocycles. The first-order chi connectivity index (χ1) is 15.4. The second kappa shape index (κ2) is 9.38. The van der Waals surface area contributed by atoms with E-state index in [9.17, 15) is 0 Å². The van der Waals surface area contributed by atoms with Crippen molar-refractivity contribution in [1.82, 2.24) is 9.80 Å². The molecule has 0 amide bonds. The normalized spacial score (nSPS) is 20.1. The van der Waals surface area contributed by atoms with Crippen molar-refractivity contribution < 1.29 is 0 Å². The summed E-state index contributed by atoms with van der Waals surface area (Å²) in [5, 5.41) is 0. The molecule has 5 rings (SSSR count). The van der Waals surface area contributed by atoms with Crippen LogP contribution < -0.4 is 0 Å². The number of nitrogens with zero attached hydrogens (tertiary/aromatic N) is 3. The Morgan fingerprint density at radius 3 is 1.84 bits per heavy atom. The predicted octanol–water partition coefficient (Wildman–Crippen LogP) is 4.83. The number of guanidine groups is 1. The zero-order valence-corrected chi connectivity index (χ0v) is 18.1. The maximum Gasteiger partial charge on any atom is 0.197 e. The first-order valence-corrected chi connectivity index (χ1v) is 11.6. The quantitative estimate of drug-likeness (QED) is 0.531. The monoisotopic (exact) mass is 409 g/mol. The molecule has 0 radical (unpaired) electrons. The number of hydrogen-bond acceptors (Lipinski definition) is 3. The summed E-state index contributed by atoms with van der Waals surface area (Å²) < 4.78 is 0. The van der Waals surface area contributed by atoms with Crippen molar-refractivity contribution in [3.8, 4) is 0 Å². The highest BCUT2D eigenvalue weighted by Crippen LogP contribution is 2.28. The highest BCUT2D eigenvalue weighted by Gasteiger charge is 2.41. The lowest BCUT2D eigenvalue weighted by molar-refractivity contribution is 0.311. The van der Waals surface area contributed by atoms with E-state index in [1.807, 2.05) is 0 Å². The van der Waals surface area contributed by atoms with E-state index in [2.05, 4.69) is 101 Å². The number of rotatable bonds is 8. The molecule has 0 unspecified atom stereocenters. The Labute approximate surface area is 186 Å². The van der Waals surface area contributed by atoms with Gasteiger partial charge in [0, 0.05) is 13.1 Å². The minimum Gasteiger partial charge on any atom is -0.338 e. The Bertz CT molecular complexity index is 985. The van der Waals surface area contributed by atoms with Crippen LogP contribution in [0.3, 0.4) is 0 Å². The van der Waals surface area contributed by atoms with Gasteiger partial charge in [0.05, 0.1) is 18.6 Å². The van der Waals surface area contributed by atoms with E-state index in [0.717, 1.165) is 45.3 Å². The smallest absolute Gasteiger partial charge is 0.197 e. The molecule has 2 atom stereocenters. The molecule has 1 saturated heterocycles. The van der Waals surface area contributed by atoms with Crippen LogP contribution in [0.4, 0.5) is 0 Å². The van der Waals surface area contributed by atoms with Crippen LogP contribution in [0, 0.1) is 0 Å². The van der Waals surface area contributed by atoms with Gasteiger partial charge in [0.2, 0.25) is 0 Å². The van der Waals surface area contributed by atoms with E-state index in [1.165, 1.54) is 22.6 Å². The Kier molecular flexibility index (Phi) is 6.01. The molecule has 2 heterocycles. The van der Waals surface area contributed by atoms with Gasteiger partial charge in [-0.05, 0) is 42.4 Å². The van der Waals surface area contributed by atoms with E-state index < -0.39 is 0 Å². The molecule has 158 valence electrons. The fraction of sp³-hybridized carbons (Fsp3) is 0.321. The number of aryl methyl sites for hydroxylation is 1. The third-order valence-corrected chi connectivity index (χ3v) is 6.58. The van der Waals surface area contributed by atoms with Gasteiger partial charge in [0.1, 0.15) is 0 Å². The van der Waals surface area contributed by atoms with Gasteiger partial charge in [-0.3, -0.25) is 4.99 Å². The van der Waals surface area contributed by atoms with Crippen LogP contribution in [-0.2, 0) is 19.3 Å². The van der Waals surface area contributed by atoms with Gasteiger partial charge in [-0.2, -0.15) is 0 Å². The SMILES string of the molecule is c1ccc(CCCN2C3=NC[C@H](Cc4ccccc4)N3C[C@@H]2Cc2ccccc2)cc1. The predicted molar refractivity (Wildman–Crippen MR) is 128 cm³/mol. The summed E-state index contributed by atoms with van der Waals surface area (Å²) >= 11 is 0. The summed E-state index contributed by atoms with van der Waals surface area (Å²) in [5.41, 5.74) is 4.25. The zero-order chi connectivity index (χ0) is 20.9. The fourth-order valence-corrected chi connectivity index (χ4v) is 5.02. The van der Waals surface area contributed by atoms with Crippen LogP contribution in [0.25, 0.3) is 0 Å². The van der Waals surface area contributed by atoms with Crippen LogP contribution in [0.5, 0.6) is 0 Å². The molecule has 0 spiro atoms. The number of benzene rings is 3. The Hall–Kier alpha value is -3.07. The molecule has 3 nitrogen and oxygen atoms in total. The van der Waals surface area contributed by atoms with Crippen molar-refractivity contribution in [2.75, 3.05) is 19.6 Å². The van der Waals surface area contributed by atoms with Crippen LogP contribution in [0.2, 0.25) is 0 Å². The van der Waals surface area contributed by atoms with Crippen molar-refractivity contribution >= 4 is 5.96 Å². The largest absolute Gasteiger partial charge is 0.338 e. The highest BCUT2D eigenvalue weighted by atomic mass is 15.5. The third kappa shape index (κ3) is 4.66. The van der Waals surface area contributed by atoms with Crippen molar-refractivity contribution in [2.45, 2.75) is 37.8 Å². The summed E-state index contributed by atoms with van der Waals surface area (Å²) in [4.78, 5) is 10.2.